The lowest BCUT2D eigenvalue weighted by molar-refractivity contribution is -0.275. The highest BCUT2D eigenvalue weighted by Crippen LogP contribution is 2.30. The van der Waals surface area contributed by atoms with E-state index in [1.54, 1.807) is 0 Å². The van der Waals surface area contributed by atoms with Crippen molar-refractivity contribution < 1.29 is 23.0 Å². The number of halogens is 4. The molecule has 0 aliphatic carbocycles. The van der Waals surface area contributed by atoms with Crippen molar-refractivity contribution in [3.8, 4) is 5.75 Å². The Hall–Kier alpha value is -0.980. The smallest absolute Gasteiger partial charge is 0.405 e. The summed E-state index contributed by atoms with van der Waals surface area (Å²) in [5.74, 6) is -0.386. The zero-order valence-corrected chi connectivity index (χ0v) is 9.76. The van der Waals surface area contributed by atoms with Gasteiger partial charge in [-0.15, -0.1) is 25.6 Å². The number of nitrogens with two attached hydrogens (primary N) is 1. The predicted octanol–water partition coefficient (Wildman–Crippen LogP) is 2.39. The second-order valence-corrected chi connectivity index (χ2v) is 3.35. The lowest BCUT2D eigenvalue weighted by atomic mass is 10.0. The van der Waals surface area contributed by atoms with E-state index in [-0.39, 0.29) is 23.7 Å². The maximum atomic E-state index is 12.1. The first kappa shape index (κ1) is 16.0. The van der Waals surface area contributed by atoms with Gasteiger partial charge in [0.25, 0.3) is 0 Å². The zero-order valence-electron chi connectivity index (χ0n) is 8.94. The van der Waals surface area contributed by atoms with Gasteiger partial charge in [-0.1, -0.05) is 18.2 Å². The second kappa shape index (κ2) is 6.09. The Bertz CT molecular complexity index is 358. The van der Waals surface area contributed by atoms with Gasteiger partial charge in [0.2, 0.25) is 0 Å². The molecular formula is C10H13ClF3NO2. The minimum Gasteiger partial charge on any atom is -0.405 e. The van der Waals surface area contributed by atoms with Gasteiger partial charge in [-0.3, -0.25) is 0 Å². The van der Waals surface area contributed by atoms with E-state index in [9.17, 15) is 18.3 Å². The molecule has 0 radical (unpaired) electrons. The van der Waals surface area contributed by atoms with Crippen molar-refractivity contribution >= 4 is 12.4 Å². The topological polar surface area (TPSA) is 55.5 Å². The largest absolute Gasteiger partial charge is 0.573 e. The molecule has 1 aromatic carbocycles. The van der Waals surface area contributed by atoms with Gasteiger partial charge in [-0.05, 0) is 13.0 Å². The third kappa shape index (κ3) is 4.80. The van der Waals surface area contributed by atoms with E-state index < -0.39 is 18.5 Å². The fourth-order valence-corrected chi connectivity index (χ4v) is 1.23. The highest BCUT2D eigenvalue weighted by Gasteiger charge is 2.32. The Balaban J connectivity index is 0.00000256. The van der Waals surface area contributed by atoms with Gasteiger partial charge < -0.3 is 15.6 Å². The van der Waals surface area contributed by atoms with Crippen LogP contribution in [0.15, 0.2) is 24.3 Å². The third-order valence-electron chi connectivity index (χ3n) is 2.02. The Morgan fingerprint density at radius 2 is 1.82 bits per heavy atom. The first-order valence-corrected chi connectivity index (χ1v) is 4.59. The normalized spacial score (nSPS) is 14.7. The van der Waals surface area contributed by atoms with E-state index in [0.717, 1.165) is 6.07 Å². The Morgan fingerprint density at radius 3 is 2.29 bits per heavy atom. The number of para-hydroxylation sites is 1. The minimum atomic E-state index is -4.77. The molecular weight excluding hydrogens is 259 g/mol. The maximum absolute atomic E-state index is 12.1. The summed E-state index contributed by atoms with van der Waals surface area (Å²) in [7, 11) is 0. The molecule has 0 bridgehead atoms. The summed E-state index contributed by atoms with van der Waals surface area (Å²) in [5, 5.41) is 9.24. The maximum Gasteiger partial charge on any atom is 0.573 e. The number of benzene rings is 1. The summed E-state index contributed by atoms with van der Waals surface area (Å²) in [4.78, 5) is 0. The molecule has 0 aliphatic rings. The van der Waals surface area contributed by atoms with Crippen LogP contribution in [0.4, 0.5) is 13.2 Å². The van der Waals surface area contributed by atoms with Crippen LogP contribution in [0.3, 0.4) is 0 Å². The molecule has 7 heteroatoms. The summed E-state index contributed by atoms with van der Waals surface area (Å²) in [6, 6.07) is 4.56. The minimum absolute atomic E-state index is 0. The first-order chi connectivity index (χ1) is 7.31. The van der Waals surface area contributed by atoms with Crippen molar-refractivity contribution in [3.63, 3.8) is 0 Å². The molecule has 2 atom stereocenters. The number of ether oxygens (including phenoxy) is 1. The van der Waals surface area contributed by atoms with Gasteiger partial charge in [0.1, 0.15) is 5.75 Å². The van der Waals surface area contributed by atoms with Gasteiger partial charge in [0.05, 0.1) is 12.1 Å². The van der Waals surface area contributed by atoms with Crippen molar-refractivity contribution in [2.45, 2.75) is 25.4 Å². The number of hydrogen-bond acceptors (Lipinski definition) is 3. The molecule has 3 N–H and O–H groups in total. The van der Waals surface area contributed by atoms with E-state index in [1.165, 1.54) is 25.1 Å². The van der Waals surface area contributed by atoms with Crippen LogP contribution < -0.4 is 10.5 Å². The number of aliphatic hydroxyl groups is 1. The van der Waals surface area contributed by atoms with Crippen molar-refractivity contribution in [1.29, 1.82) is 0 Å². The number of rotatable bonds is 3. The van der Waals surface area contributed by atoms with E-state index in [2.05, 4.69) is 4.74 Å². The Kier molecular flexibility index (Phi) is 5.74. The SMILES string of the molecule is C[C@H](O)[C@H](N)c1ccccc1OC(F)(F)F.Cl. The summed E-state index contributed by atoms with van der Waals surface area (Å²) in [6.07, 6.45) is -5.73. The van der Waals surface area contributed by atoms with E-state index in [0.29, 0.717) is 0 Å². The molecule has 0 saturated heterocycles. The molecule has 0 amide bonds. The van der Waals surface area contributed by atoms with Crippen molar-refractivity contribution in [2.24, 2.45) is 5.73 Å². The van der Waals surface area contributed by atoms with Crippen LogP contribution in [-0.2, 0) is 0 Å². The van der Waals surface area contributed by atoms with Gasteiger partial charge in [-0.2, -0.15) is 0 Å². The average molecular weight is 272 g/mol. The summed E-state index contributed by atoms with van der Waals surface area (Å²) in [5.41, 5.74) is 5.68. The van der Waals surface area contributed by atoms with Crippen molar-refractivity contribution in [3.05, 3.63) is 29.8 Å². The Morgan fingerprint density at radius 1 is 1.29 bits per heavy atom. The molecule has 0 saturated carbocycles. The quantitative estimate of drug-likeness (QED) is 0.887. The highest BCUT2D eigenvalue weighted by atomic mass is 35.5. The molecule has 0 fully saturated rings. The van der Waals surface area contributed by atoms with Crippen LogP contribution in [0.5, 0.6) is 5.75 Å². The molecule has 1 aromatic rings. The van der Waals surface area contributed by atoms with Crippen molar-refractivity contribution in [2.75, 3.05) is 0 Å². The molecule has 0 aromatic heterocycles. The average Bonchev–Trinajstić information content (AvgIpc) is 2.15. The molecule has 1 rings (SSSR count). The van der Waals surface area contributed by atoms with E-state index in [4.69, 9.17) is 5.73 Å². The molecule has 3 nitrogen and oxygen atoms in total. The number of alkyl halides is 3. The molecule has 98 valence electrons. The third-order valence-corrected chi connectivity index (χ3v) is 2.02. The zero-order chi connectivity index (χ0) is 12.3. The molecule has 0 heterocycles. The standard InChI is InChI=1S/C10H12F3NO2.ClH/c1-6(15)9(14)7-4-2-3-5-8(7)16-10(11,12)13;/h2-6,9,15H,14H2,1H3;1H/t6-,9-;/m0./s1. The lowest BCUT2D eigenvalue weighted by Gasteiger charge is -2.19. The molecule has 17 heavy (non-hydrogen) atoms. The van der Waals surface area contributed by atoms with Crippen LogP contribution >= 0.6 is 12.4 Å². The van der Waals surface area contributed by atoms with Gasteiger partial charge in [0, 0.05) is 5.56 Å². The van der Waals surface area contributed by atoms with Crippen LogP contribution in [0.2, 0.25) is 0 Å². The van der Waals surface area contributed by atoms with Crippen molar-refractivity contribution in [1.82, 2.24) is 0 Å². The fourth-order valence-electron chi connectivity index (χ4n) is 1.23. The predicted molar refractivity (Wildman–Crippen MR) is 59.0 cm³/mol. The number of aliphatic hydroxyl groups excluding tert-OH is 1. The van der Waals surface area contributed by atoms with Gasteiger partial charge >= 0.3 is 6.36 Å². The highest BCUT2D eigenvalue weighted by molar-refractivity contribution is 5.85. The van der Waals surface area contributed by atoms with Crippen LogP contribution in [0.1, 0.15) is 18.5 Å². The second-order valence-electron chi connectivity index (χ2n) is 3.35. The monoisotopic (exact) mass is 271 g/mol. The molecule has 0 spiro atoms. The summed E-state index contributed by atoms with van der Waals surface area (Å²) >= 11 is 0. The van der Waals surface area contributed by atoms with Crippen LogP contribution in [-0.4, -0.2) is 17.6 Å². The summed E-state index contributed by atoms with van der Waals surface area (Å²) < 4.78 is 40.0. The van der Waals surface area contributed by atoms with Crippen LogP contribution in [0.25, 0.3) is 0 Å². The molecule has 0 unspecified atom stereocenters. The fraction of sp³-hybridized carbons (Fsp3) is 0.400. The van der Waals surface area contributed by atoms with Gasteiger partial charge in [-0.25, -0.2) is 0 Å². The molecule has 0 aliphatic heterocycles. The van der Waals surface area contributed by atoms with Gasteiger partial charge in [0.15, 0.2) is 0 Å². The lowest BCUT2D eigenvalue weighted by Crippen LogP contribution is -2.25. The first-order valence-electron chi connectivity index (χ1n) is 4.59. The Labute approximate surface area is 103 Å². The van der Waals surface area contributed by atoms with E-state index in [1.807, 2.05) is 0 Å². The van der Waals surface area contributed by atoms with E-state index >= 15 is 0 Å². The van der Waals surface area contributed by atoms with Crippen LogP contribution in [0, 0.1) is 0 Å². The summed E-state index contributed by atoms with van der Waals surface area (Å²) in [6.45, 7) is 1.40. The number of hydrogen-bond donors (Lipinski definition) is 2.